The number of carbonyl (C=O) groups is 1. The average Bonchev–Trinajstić information content (AvgIpc) is 2.99. The number of carbonyl (C=O) groups excluding carboxylic acids is 1. The third-order valence-electron chi connectivity index (χ3n) is 4.54. The van der Waals surface area contributed by atoms with Crippen LogP contribution in [0.15, 0.2) is 45.7 Å². The molecule has 0 spiro atoms. The van der Waals surface area contributed by atoms with Crippen LogP contribution in [0.5, 0.6) is 0 Å². The molecule has 2 aromatic heterocycles. The van der Waals surface area contributed by atoms with Crippen molar-refractivity contribution in [2.45, 2.75) is 46.1 Å². The number of nitrogens with zero attached hydrogens (tertiary/aromatic N) is 2. The molecule has 3 aromatic rings. The predicted octanol–water partition coefficient (Wildman–Crippen LogP) is 3.21. The number of benzene rings is 1. The van der Waals surface area contributed by atoms with E-state index in [2.05, 4.69) is 20.4 Å². The van der Waals surface area contributed by atoms with E-state index in [4.69, 9.17) is 4.52 Å². The van der Waals surface area contributed by atoms with Gasteiger partial charge >= 0.3 is 0 Å². The van der Waals surface area contributed by atoms with Gasteiger partial charge in [-0.15, -0.1) is 0 Å². The summed E-state index contributed by atoms with van der Waals surface area (Å²) in [5.74, 6) is 0.934. The number of aromatic amines is 1. The summed E-state index contributed by atoms with van der Waals surface area (Å²) in [5.41, 5.74) is 2.33. The van der Waals surface area contributed by atoms with Crippen LogP contribution in [0, 0.1) is 13.8 Å². The minimum atomic E-state index is -0.350. The van der Waals surface area contributed by atoms with Gasteiger partial charge in [-0.25, -0.2) is 4.98 Å². The fourth-order valence-electron chi connectivity index (χ4n) is 3.09. The largest absolute Gasteiger partial charge is 0.361 e. The molecular weight excluding hydrogens is 356 g/mol. The molecule has 0 fully saturated rings. The second-order valence-corrected chi connectivity index (χ2v) is 7.12. The van der Waals surface area contributed by atoms with E-state index in [1.807, 2.05) is 44.2 Å². The maximum absolute atomic E-state index is 12.9. The zero-order valence-electron chi connectivity index (χ0n) is 16.4. The Morgan fingerprint density at radius 2 is 1.93 bits per heavy atom. The lowest BCUT2D eigenvalue weighted by Crippen LogP contribution is -2.31. The van der Waals surface area contributed by atoms with Gasteiger partial charge in [0.25, 0.3) is 11.5 Å². The van der Waals surface area contributed by atoms with Crippen molar-refractivity contribution in [3.05, 3.63) is 80.9 Å². The molecule has 28 heavy (non-hydrogen) atoms. The van der Waals surface area contributed by atoms with Gasteiger partial charge in [-0.05, 0) is 19.4 Å². The number of rotatable bonds is 6. The minimum Gasteiger partial charge on any atom is -0.361 e. The number of aryl methyl sites for hydroxylation is 2. The third kappa shape index (κ3) is 4.36. The van der Waals surface area contributed by atoms with Crippen LogP contribution < -0.4 is 10.9 Å². The summed E-state index contributed by atoms with van der Waals surface area (Å²) >= 11 is 0. The Bertz CT molecular complexity index is 1000. The first-order valence-corrected chi connectivity index (χ1v) is 9.24. The Balaban J connectivity index is 1.93. The van der Waals surface area contributed by atoms with E-state index in [1.54, 1.807) is 13.8 Å². The maximum atomic E-state index is 12.9. The summed E-state index contributed by atoms with van der Waals surface area (Å²) < 4.78 is 5.11. The molecular formula is C21H24N4O3. The molecule has 0 aliphatic heterocycles. The molecule has 2 heterocycles. The van der Waals surface area contributed by atoms with Gasteiger partial charge in [0.2, 0.25) is 0 Å². The lowest BCUT2D eigenvalue weighted by atomic mass is 10.0. The monoisotopic (exact) mass is 380 g/mol. The van der Waals surface area contributed by atoms with Gasteiger partial charge in [0, 0.05) is 18.4 Å². The minimum absolute atomic E-state index is 0.0970. The fraction of sp³-hybridized carbons (Fsp3) is 0.333. The molecule has 0 bridgehead atoms. The van der Waals surface area contributed by atoms with E-state index < -0.39 is 0 Å². The lowest BCUT2D eigenvalue weighted by molar-refractivity contribution is 0.0934. The Hall–Kier alpha value is -3.22. The van der Waals surface area contributed by atoms with Crippen LogP contribution in [-0.4, -0.2) is 21.0 Å². The second-order valence-electron chi connectivity index (χ2n) is 7.12. The molecule has 0 saturated heterocycles. The Kier molecular flexibility index (Phi) is 5.73. The predicted molar refractivity (Wildman–Crippen MR) is 105 cm³/mol. The molecule has 1 amide bonds. The smallest absolute Gasteiger partial charge is 0.257 e. The highest BCUT2D eigenvalue weighted by molar-refractivity contribution is 5.96. The van der Waals surface area contributed by atoms with E-state index >= 15 is 0 Å². The van der Waals surface area contributed by atoms with Gasteiger partial charge in [0.1, 0.15) is 17.1 Å². The summed E-state index contributed by atoms with van der Waals surface area (Å²) in [7, 11) is 0. The van der Waals surface area contributed by atoms with Gasteiger partial charge in [0.05, 0.1) is 17.4 Å². The number of hydrogen-bond acceptors (Lipinski definition) is 5. The number of nitrogens with one attached hydrogen (secondary N) is 2. The first kappa shape index (κ1) is 19.5. The first-order valence-electron chi connectivity index (χ1n) is 9.24. The average molecular weight is 380 g/mol. The second kappa shape index (κ2) is 8.21. The Morgan fingerprint density at radius 3 is 2.54 bits per heavy atom. The van der Waals surface area contributed by atoms with Gasteiger partial charge in [0.15, 0.2) is 0 Å². The number of amides is 1. The zero-order valence-corrected chi connectivity index (χ0v) is 16.4. The molecule has 1 aromatic carbocycles. The molecule has 2 N–H and O–H groups in total. The van der Waals surface area contributed by atoms with Crippen molar-refractivity contribution in [2.24, 2.45) is 0 Å². The molecule has 3 rings (SSSR count). The van der Waals surface area contributed by atoms with E-state index in [0.717, 1.165) is 5.56 Å². The Labute approximate surface area is 163 Å². The molecule has 7 heteroatoms. The molecule has 7 nitrogen and oxygen atoms in total. The highest BCUT2D eigenvalue weighted by Gasteiger charge is 2.22. The molecule has 1 atom stereocenters. The van der Waals surface area contributed by atoms with Crippen LogP contribution in [0.2, 0.25) is 0 Å². The number of aromatic nitrogens is 3. The highest BCUT2D eigenvalue weighted by atomic mass is 16.5. The van der Waals surface area contributed by atoms with Crippen molar-refractivity contribution in [1.29, 1.82) is 0 Å². The molecule has 0 saturated carbocycles. The third-order valence-corrected chi connectivity index (χ3v) is 4.54. The molecule has 146 valence electrons. The van der Waals surface area contributed by atoms with Gasteiger partial charge < -0.3 is 14.8 Å². The van der Waals surface area contributed by atoms with Gasteiger partial charge in [-0.1, -0.05) is 49.3 Å². The standard InChI is InChI=1S/C21H24N4O3/c1-12(2)20-22-16(11-18(26)24-20)10-17(15-8-6-5-7-9-15)23-21(27)19-13(3)25-28-14(19)4/h5-9,11-12,17H,10H2,1-4H3,(H,23,27)(H,22,24,26)/t17-/m0/s1. The van der Waals surface area contributed by atoms with Crippen LogP contribution in [0.4, 0.5) is 0 Å². The van der Waals surface area contributed by atoms with Crippen molar-refractivity contribution < 1.29 is 9.32 Å². The van der Waals surface area contributed by atoms with Crippen LogP contribution in [-0.2, 0) is 6.42 Å². The summed E-state index contributed by atoms with van der Waals surface area (Å²) in [4.78, 5) is 32.2. The van der Waals surface area contributed by atoms with Crippen LogP contribution in [0.25, 0.3) is 0 Å². The van der Waals surface area contributed by atoms with E-state index in [1.165, 1.54) is 6.07 Å². The topological polar surface area (TPSA) is 101 Å². The van der Waals surface area contributed by atoms with Gasteiger partial charge in [-0.2, -0.15) is 0 Å². The normalized spacial score (nSPS) is 12.2. The quantitative estimate of drug-likeness (QED) is 0.684. The van der Waals surface area contributed by atoms with Gasteiger partial charge in [-0.3, -0.25) is 9.59 Å². The summed E-state index contributed by atoms with van der Waals surface area (Å²) in [6.45, 7) is 7.38. The lowest BCUT2D eigenvalue weighted by Gasteiger charge is -2.19. The van der Waals surface area contributed by atoms with Crippen LogP contribution >= 0.6 is 0 Å². The maximum Gasteiger partial charge on any atom is 0.257 e. The van der Waals surface area contributed by atoms with Crippen molar-refractivity contribution in [3.63, 3.8) is 0 Å². The summed E-state index contributed by atoms with van der Waals surface area (Å²) in [6, 6.07) is 10.7. The van der Waals surface area contributed by atoms with E-state index in [-0.39, 0.29) is 23.4 Å². The van der Waals surface area contributed by atoms with Crippen molar-refractivity contribution in [1.82, 2.24) is 20.4 Å². The van der Waals surface area contributed by atoms with E-state index in [9.17, 15) is 9.59 Å². The summed E-state index contributed by atoms with van der Waals surface area (Å²) in [6.07, 6.45) is 0.392. The SMILES string of the molecule is Cc1noc(C)c1C(=O)N[C@@H](Cc1cc(=O)[nH]c(C(C)C)n1)c1ccccc1. The van der Waals surface area contributed by atoms with Crippen molar-refractivity contribution in [3.8, 4) is 0 Å². The van der Waals surface area contributed by atoms with Crippen molar-refractivity contribution in [2.75, 3.05) is 0 Å². The summed E-state index contributed by atoms with van der Waals surface area (Å²) in [5, 5.41) is 6.89. The molecule has 0 unspecified atom stereocenters. The van der Waals surface area contributed by atoms with Crippen molar-refractivity contribution >= 4 is 5.91 Å². The van der Waals surface area contributed by atoms with Crippen LogP contribution in [0.3, 0.4) is 0 Å². The first-order chi connectivity index (χ1) is 13.3. The molecule has 0 radical (unpaired) electrons. The fourth-order valence-corrected chi connectivity index (χ4v) is 3.09. The Morgan fingerprint density at radius 1 is 1.21 bits per heavy atom. The molecule has 0 aliphatic rings. The van der Waals surface area contributed by atoms with E-state index in [0.29, 0.717) is 35.0 Å². The van der Waals surface area contributed by atoms with Crippen LogP contribution in [0.1, 0.15) is 64.7 Å². The highest BCUT2D eigenvalue weighted by Crippen LogP contribution is 2.20. The molecule has 0 aliphatic carbocycles. The number of hydrogen-bond donors (Lipinski definition) is 2. The number of H-pyrrole nitrogens is 1. The zero-order chi connectivity index (χ0) is 20.3.